The topological polar surface area (TPSA) is 55.8 Å². The summed E-state index contributed by atoms with van der Waals surface area (Å²) in [5, 5.41) is 12.1. The minimum absolute atomic E-state index is 0.173. The van der Waals surface area contributed by atoms with Gasteiger partial charge in [-0.05, 0) is 48.5 Å². The van der Waals surface area contributed by atoms with Crippen LogP contribution < -0.4 is 15.1 Å². The van der Waals surface area contributed by atoms with Gasteiger partial charge in [0.2, 0.25) is 0 Å². The Hall–Kier alpha value is -2.69. The van der Waals surface area contributed by atoms with E-state index in [1.165, 1.54) is 4.90 Å². The number of hydrogen-bond donors (Lipinski definition) is 2. The van der Waals surface area contributed by atoms with Gasteiger partial charge < -0.3 is 15.3 Å². The Bertz CT molecular complexity index is 606. The predicted octanol–water partition coefficient (Wildman–Crippen LogP) is 3.13. The third-order valence-corrected chi connectivity index (χ3v) is 3.18. The number of amides is 2. The number of rotatable bonds is 3. The number of aromatic hydroxyl groups is 1. The second-order valence-electron chi connectivity index (χ2n) is 4.95. The maximum Gasteiger partial charge on any atom is 0.326 e. The molecule has 5 nitrogen and oxygen atoms in total. The number of carbonyl (C=O) groups is 1. The van der Waals surface area contributed by atoms with Crippen LogP contribution in [-0.4, -0.2) is 32.3 Å². The monoisotopic (exact) mass is 285 g/mol. The fraction of sp³-hybridized carbons (Fsp3) is 0.188. The van der Waals surface area contributed by atoms with Crippen molar-refractivity contribution in [2.24, 2.45) is 0 Å². The Morgan fingerprint density at radius 3 is 1.95 bits per heavy atom. The van der Waals surface area contributed by atoms with Gasteiger partial charge in [0, 0.05) is 38.2 Å². The van der Waals surface area contributed by atoms with E-state index < -0.39 is 0 Å². The van der Waals surface area contributed by atoms with Crippen molar-refractivity contribution in [2.75, 3.05) is 36.3 Å². The van der Waals surface area contributed by atoms with Gasteiger partial charge in [0.05, 0.1) is 0 Å². The lowest BCUT2D eigenvalue weighted by Crippen LogP contribution is -2.31. The summed E-state index contributed by atoms with van der Waals surface area (Å²) >= 11 is 0. The number of nitrogens with one attached hydrogen (secondary N) is 1. The van der Waals surface area contributed by atoms with Gasteiger partial charge in [-0.1, -0.05) is 0 Å². The van der Waals surface area contributed by atoms with Gasteiger partial charge >= 0.3 is 6.03 Å². The van der Waals surface area contributed by atoms with Crippen molar-refractivity contribution in [2.45, 2.75) is 0 Å². The molecule has 2 amide bonds. The van der Waals surface area contributed by atoms with Crippen LogP contribution in [0.1, 0.15) is 0 Å². The number of phenolic OH excluding ortho intramolecular Hbond substituents is 1. The SMILES string of the molecule is CN(C)c1ccc(NC(=O)N(C)c2ccc(O)cc2)cc1. The zero-order chi connectivity index (χ0) is 15.4. The summed E-state index contributed by atoms with van der Waals surface area (Å²) in [6.07, 6.45) is 0. The maximum atomic E-state index is 12.2. The average Bonchev–Trinajstić information content (AvgIpc) is 2.47. The normalized spacial score (nSPS) is 10.0. The molecule has 0 radical (unpaired) electrons. The molecule has 0 spiro atoms. The van der Waals surface area contributed by atoms with E-state index >= 15 is 0 Å². The van der Waals surface area contributed by atoms with E-state index in [0.717, 1.165) is 11.4 Å². The second kappa shape index (κ2) is 6.17. The van der Waals surface area contributed by atoms with E-state index in [1.54, 1.807) is 31.3 Å². The molecule has 2 aromatic rings. The number of carbonyl (C=O) groups excluding carboxylic acids is 1. The van der Waals surface area contributed by atoms with Crippen molar-refractivity contribution in [3.63, 3.8) is 0 Å². The van der Waals surface area contributed by atoms with Gasteiger partial charge in [-0.25, -0.2) is 4.79 Å². The first-order valence-corrected chi connectivity index (χ1v) is 6.58. The van der Waals surface area contributed by atoms with Crippen LogP contribution in [0, 0.1) is 0 Å². The van der Waals surface area contributed by atoms with Gasteiger partial charge in [0.1, 0.15) is 5.75 Å². The average molecular weight is 285 g/mol. The highest BCUT2D eigenvalue weighted by atomic mass is 16.3. The third-order valence-electron chi connectivity index (χ3n) is 3.18. The molecule has 0 unspecified atom stereocenters. The van der Waals surface area contributed by atoms with Crippen LogP contribution in [0.5, 0.6) is 5.75 Å². The molecular weight excluding hydrogens is 266 g/mol. The standard InChI is InChI=1S/C16H19N3O2/c1-18(2)13-6-4-12(5-7-13)17-16(21)19(3)14-8-10-15(20)11-9-14/h4-11,20H,1-3H3,(H,17,21). The van der Waals surface area contributed by atoms with E-state index in [0.29, 0.717) is 5.69 Å². The van der Waals surface area contributed by atoms with Gasteiger partial charge in [-0.15, -0.1) is 0 Å². The summed E-state index contributed by atoms with van der Waals surface area (Å²) in [5.41, 5.74) is 2.51. The molecule has 2 rings (SSSR count). The minimum atomic E-state index is -0.238. The lowest BCUT2D eigenvalue weighted by molar-refractivity contribution is 0.258. The summed E-state index contributed by atoms with van der Waals surface area (Å²) in [4.78, 5) is 15.6. The minimum Gasteiger partial charge on any atom is -0.508 e. The summed E-state index contributed by atoms with van der Waals surface area (Å²) in [7, 11) is 5.61. The first-order valence-electron chi connectivity index (χ1n) is 6.58. The van der Waals surface area contributed by atoms with Crippen LogP contribution in [0.2, 0.25) is 0 Å². The van der Waals surface area contributed by atoms with Crippen LogP contribution in [0.15, 0.2) is 48.5 Å². The van der Waals surface area contributed by atoms with Crippen molar-refractivity contribution in [1.29, 1.82) is 0 Å². The molecule has 2 N–H and O–H groups in total. The summed E-state index contributed by atoms with van der Waals surface area (Å²) in [5.74, 6) is 0.173. The molecule has 0 aromatic heterocycles. The Balaban J connectivity index is 2.05. The zero-order valence-electron chi connectivity index (χ0n) is 12.4. The van der Waals surface area contributed by atoms with Crippen molar-refractivity contribution in [3.05, 3.63) is 48.5 Å². The lowest BCUT2D eigenvalue weighted by Gasteiger charge is -2.19. The largest absolute Gasteiger partial charge is 0.508 e. The zero-order valence-corrected chi connectivity index (χ0v) is 12.4. The van der Waals surface area contributed by atoms with Crippen molar-refractivity contribution >= 4 is 23.1 Å². The summed E-state index contributed by atoms with van der Waals surface area (Å²) < 4.78 is 0. The number of phenols is 1. The molecule has 2 aromatic carbocycles. The van der Waals surface area contributed by atoms with Crippen LogP contribution in [0.4, 0.5) is 21.9 Å². The fourth-order valence-corrected chi connectivity index (χ4v) is 1.84. The van der Waals surface area contributed by atoms with Crippen molar-refractivity contribution in [3.8, 4) is 5.75 Å². The molecule has 0 fully saturated rings. The number of nitrogens with zero attached hydrogens (tertiary/aromatic N) is 2. The molecule has 5 heteroatoms. The van der Waals surface area contributed by atoms with E-state index in [2.05, 4.69) is 5.32 Å². The van der Waals surface area contributed by atoms with Gasteiger partial charge in [0.25, 0.3) is 0 Å². The smallest absolute Gasteiger partial charge is 0.326 e. The van der Waals surface area contributed by atoms with Crippen molar-refractivity contribution < 1.29 is 9.90 Å². The highest BCUT2D eigenvalue weighted by Crippen LogP contribution is 2.19. The molecule has 0 aliphatic rings. The van der Waals surface area contributed by atoms with Crippen LogP contribution in [0.3, 0.4) is 0 Å². The Morgan fingerprint density at radius 1 is 0.905 bits per heavy atom. The summed E-state index contributed by atoms with van der Waals surface area (Å²) in [6.45, 7) is 0. The molecule has 0 bridgehead atoms. The molecule has 0 saturated heterocycles. The van der Waals surface area contributed by atoms with E-state index in [9.17, 15) is 9.90 Å². The Morgan fingerprint density at radius 2 is 1.43 bits per heavy atom. The fourth-order valence-electron chi connectivity index (χ4n) is 1.84. The first kappa shape index (κ1) is 14.7. The maximum absolute atomic E-state index is 12.2. The number of urea groups is 1. The Kier molecular flexibility index (Phi) is 4.33. The van der Waals surface area contributed by atoms with Crippen LogP contribution in [-0.2, 0) is 0 Å². The molecule has 0 saturated carbocycles. The number of hydrogen-bond acceptors (Lipinski definition) is 3. The van der Waals surface area contributed by atoms with E-state index in [4.69, 9.17) is 0 Å². The predicted molar refractivity (Wildman–Crippen MR) is 86.3 cm³/mol. The molecule has 0 heterocycles. The number of benzene rings is 2. The Labute approximate surface area is 124 Å². The van der Waals surface area contributed by atoms with Gasteiger partial charge in [0.15, 0.2) is 0 Å². The van der Waals surface area contributed by atoms with Gasteiger partial charge in [-0.2, -0.15) is 0 Å². The molecule has 110 valence electrons. The molecular formula is C16H19N3O2. The molecule has 0 aliphatic carbocycles. The molecule has 0 atom stereocenters. The highest BCUT2D eigenvalue weighted by Gasteiger charge is 2.11. The van der Waals surface area contributed by atoms with Crippen molar-refractivity contribution in [1.82, 2.24) is 0 Å². The van der Waals surface area contributed by atoms with E-state index in [-0.39, 0.29) is 11.8 Å². The van der Waals surface area contributed by atoms with Crippen LogP contribution >= 0.6 is 0 Å². The first-order chi connectivity index (χ1) is 9.97. The molecule has 21 heavy (non-hydrogen) atoms. The van der Waals surface area contributed by atoms with Gasteiger partial charge in [-0.3, -0.25) is 4.90 Å². The lowest BCUT2D eigenvalue weighted by atomic mass is 10.2. The second-order valence-corrected chi connectivity index (χ2v) is 4.95. The van der Waals surface area contributed by atoms with E-state index in [1.807, 2.05) is 43.3 Å². The van der Waals surface area contributed by atoms with Crippen LogP contribution in [0.25, 0.3) is 0 Å². The summed E-state index contributed by atoms with van der Waals surface area (Å²) in [6, 6.07) is 13.8. The molecule has 0 aliphatic heterocycles. The highest BCUT2D eigenvalue weighted by molar-refractivity contribution is 6.01. The number of anilines is 3. The quantitative estimate of drug-likeness (QED) is 0.911. The third kappa shape index (κ3) is 3.66.